The van der Waals surface area contributed by atoms with Gasteiger partial charge in [-0.2, -0.15) is 5.26 Å². The van der Waals surface area contributed by atoms with Crippen LogP contribution in [0.1, 0.15) is 46.5 Å². The minimum atomic E-state index is -0.350. The van der Waals surface area contributed by atoms with E-state index in [0.29, 0.717) is 0 Å². The molecule has 0 radical (unpaired) electrons. The first-order chi connectivity index (χ1) is 9.47. The van der Waals surface area contributed by atoms with Gasteiger partial charge in [-0.1, -0.05) is 13.8 Å². The quantitative estimate of drug-likeness (QED) is 0.558. The third-order valence-electron chi connectivity index (χ3n) is 3.74. The third-order valence-corrected chi connectivity index (χ3v) is 3.74. The van der Waals surface area contributed by atoms with Crippen LogP contribution in [0.15, 0.2) is 0 Å². The first-order valence-corrected chi connectivity index (χ1v) is 8.00. The van der Waals surface area contributed by atoms with Crippen LogP contribution in [0.2, 0.25) is 0 Å². The van der Waals surface area contributed by atoms with Crippen LogP contribution in [0.3, 0.4) is 0 Å². The van der Waals surface area contributed by atoms with Gasteiger partial charge in [-0.05, 0) is 79.4 Å². The molecule has 0 aromatic rings. The molecule has 0 spiro atoms. The number of nitrogens with zero attached hydrogens (tertiary/aromatic N) is 3. The molecular formula is C16H34N4. The van der Waals surface area contributed by atoms with Gasteiger partial charge in [0.2, 0.25) is 0 Å². The van der Waals surface area contributed by atoms with Crippen LogP contribution in [0.25, 0.3) is 0 Å². The van der Waals surface area contributed by atoms with E-state index in [9.17, 15) is 5.26 Å². The predicted octanol–water partition coefficient (Wildman–Crippen LogP) is 2.32. The Labute approximate surface area is 126 Å². The van der Waals surface area contributed by atoms with Gasteiger partial charge in [0.15, 0.2) is 0 Å². The molecule has 20 heavy (non-hydrogen) atoms. The molecule has 0 aromatic carbocycles. The van der Waals surface area contributed by atoms with Crippen molar-refractivity contribution in [2.75, 3.05) is 46.8 Å². The first-order valence-electron chi connectivity index (χ1n) is 8.00. The molecule has 4 nitrogen and oxygen atoms in total. The Hall–Kier alpha value is -0.630. The SMILES string of the molecule is CCNC(C)(C#N)CCCCN(CC)CCCN(C)C. The minimum absolute atomic E-state index is 0.350. The monoisotopic (exact) mass is 282 g/mol. The van der Waals surface area contributed by atoms with Gasteiger partial charge in [0.05, 0.1) is 6.07 Å². The van der Waals surface area contributed by atoms with Crippen molar-refractivity contribution in [1.29, 1.82) is 5.26 Å². The zero-order valence-electron chi connectivity index (χ0n) is 14.2. The lowest BCUT2D eigenvalue weighted by Gasteiger charge is -2.24. The topological polar surface area (TPSA) is 42.3 Å². The van der Waals surface area contributed by atoms with Gasteiger partial charge in [-0.15, -0.1) is 0 Å². The molecule has 0 bridgehead atoms. The fourth-order valence-electron chi connectivity index (χ4n) is 2.43. The van der Waals surface area contributed by atoms with E-state index in [1.54, 1.807) is 0 Å². The normalized spacial score (nSPS) is 14.5. The maximum Gasteiger partial charge on any atom is 0.103 e. The molecule has 1 unspecified atom stereocenters. The maximum absolute atomic E-state index is 9.21. The lowest BCUT2D eigenvalue weighted by Crippen LogP contribution is -2.40. The molecule has 0 saturated heterocycles. The second kappa shape index (κ2) is 11.1. The van der Waals surface area contributed by atoms with Crippen molar-refractivity contribution in [3.05, 3.63) is 0 Å². The van der Waals surface area contributed by atoms with E-state index in [-0.39, 0.29) is 5.54 Å². The molecule has 1 atom stereocenters. The Kier molecular flexibility index (Phi) is 10.7. The highest BCUT2D eigenvalue weighted by Crippen LogP contribution is 2.13. The number of hydrogen-bond acceptors (Lipinski definition) is 4. The van der Waals surface area contributed by atoms with Crippen LogP contribution in [0, 0.1) is 11.3 Å². The predicted molar refractivity (Wildman–Crippen MR) is 86.8 cm³/mol. The Morgan fingerprint density at radius 3 is 2.20 bits per heavy atom. The van der Waals surface area contributed by atoms with E-state index < -0.39 is 0 Å². The first kappa shape index (κ1) is 19.4. The van der Waals surface area contributed by atoms with Gasteiger partial charge in [-0.25, -0.2) is 0 Å². The fraction of sp³-hybridized carbons (Fsp3) is 0.938. The van der Waals surface area contributed by atoms with Crippen LogP contribution >= 0.6 is 0 Å². The average molecular weight is 282 g/mol. The number of unbranched alkanes of at least 4 members (excludes halogenated alkanes) is 1. The highest BCUT2D eigenvalue weighted by Gasteiger charge is 2.21. The van der Waals surface area contributed by atoms with Crippen LogP contribution in [-0.2, 0) is 0 Å². The fourth-order valence-corrected chi connectivity index (χ4v) is 2.43. The second-order valence-electron chi connectivity index (χ2n) is 6.02. The Balaban J connectivity index is 3.82. The Morgan fingerprint density at radius 2 is 1.70 bits per heavy atom. The molecule has 0 aliphatic heterocycles. The summed E-state index contributed by atoms with van der Waals surface area (Å²) in [6.07, 6.45) is 4.46. The summed E-state index contributed by atoms with van der Waals surface area (Å²) in [7, 11) is 4.25. The van der Waals surface area contributed by atoms with Gasteiger partial charge >= 0.3 is 0 Å². The van der Waals surface area contributed by atoms with Crippen LogP contribution in [0.4, 0.5) is 0 Å². The summed E-state index contributed by atoms with van der Waals surface area (Å²) in [6.45, 7) is 11.8. The van der Waals surface area contributed by atoms with Gasteiger partial charge in [0.25, 0.3) is 0 Å². The molecular weight excluding hydrogens is 248 g/mol. The molecule has 0 rings (SSSR count). The van der Waals surface area contributed by atoms with E-state index in [1.807, 2.05) is 6.92 Å². The van der Waals surface area contributed by atoms with Crippen molar-refractivity contribution < 1.29 is 0 Å². The summed E-state index contributed by atoms with van der Waals surface area (Å²) < 4.78 is 0. The van der Waals surface area contributed by atoms with Crippen molar-refractivity contribution in [1.82, 2.24) is 15.1 Å². The molecule has 0 aromatic heterocycles. The summed E-state index contributed by atoms with van der Waals surface area (Å²) in [5, 5.41) is 12.5. The number of hydrogen-bond donors (Lipinski definition) is 1. The van der Waals surface area contributed by atoms with E-state index in [2.05, 4.69) is 49.1 Å². The van der Waals surface area contributed by atoms with Gasteiger partial charge in [0.1, 0.15) is 5.54 Å². The minimum Gasteiger partial charge on any atom is -0.309 e. The van der Waals surface area contributed by atoms with Crippen LogP contribution in [-0.4, -0.2) is 62.2 Å². The zero-order chi connectivity index (χ0) is 15.4. The molecule has 1 N–H and O–H groups in total. The average Bonchev–Trinajstić information content (AvgIpc) is 2.41. The molecule has 0 heterocycles. The summed E-state index contributed by atoms with van der Waals surface area (Å²) >= 11 is 0. The molecule has 0 aliphatic carbocycles. The van der Waals surface area contributed by atoms with Crippen molar-refractivity contribution in [2.45, 2.75) is 52.0 Å². The summed E-state index contributed by atoms with van der Waals surface area (Å²) in [5.41, 5.74) is -0.350. The maximum atomic E-state index is 9.21. The smallest absolute Gasteiger partial charge is 0.103 e. The second-order valence-corrected chi connectivity index (χ2v) is 6.02. The van der Waals surface area contributed by atoms with Crippen molar-refractivity contribution in [3.63, 3.8) is 0 Å². The van der Waals surface area contributed by atoms with Crippen LogP contribution in [0.5, 0.6) is 0 Å². The highest BCUT2D eigenvalue weighted by molar-refractivity contribution is 5.03. The number of nitrogens with one attached hydrogen (secondary N) is 1. The molecule has 0 saturated carbocycles. The number of nitriles is 1. The zero-order valence-corrected chi connectivity index (χ0v) is 14.2. The standard InChI is InChI=1S/C16H34N4/c1-6-18-16(3,15-17)11-8-9-13-20(7-2)14-10-12-19(4)5/h18H,6-14H2,1-5H3. The Bertz CT molecular complexity index is 272. The largest absolute Gasteiger partial charge is 0.309 e. The molecule has 4 heteroatoms. The van der Waals surface area contributed by atoms with Crippen molar-refractivity contribution in [3.8, 4) is 6.07 Å². The number of rotatable bonds is 12. The van der Waals surface area contributed by atoms with E-state index >= 15 is 0 Å². The van der Waals surface area contributed by atoms with Crippen molar-refractivity contribution in [2.24, 2.45) is 0 Å². The summed E-state index contributed by atoms with van der Waals surface area (Å²) in [6, 6.07) is 2.40. The van der Waals surface area contributed by atoms with Crippen LogP contribution < -0.4 is 5.32 Å². The lowest BCUT2D eigenvalue weighted by atomic mass is 9.96. The summed E-state index contributed by atoms with van der Waals surface area (Å²) in [4.78, 5) is 4.75. The molecule has 0 fully saturated rings. The molecule has 0 aliphatic rings. The van der Waals surface area contributed by atoms with Gasteiger partial charge < -0.3 is 9.80 Å². The van der Waals surface area contributed by atoms with E-state index in [4.69, 9.17) is 0 Å². The summed E-state index contributed by atoms with van der Waals surface area (Å²) in [5.74, 6) is 0. The Morgan fingerprint density at radius 1 is 1.05 bits per heavy atom. The third kappa shape index (κ3) is 9.30. The molecule has 118 valence electrons. The van der Waals surface area contributed by atoms with E-state index in [0.717, 1.165) is 39.0 Å². The van der Waals surface area contributed by atoms with Crippen molar-refractivity contribution >= 4 is 0 Å². The lowest BCUT2D eigenvalue weighted by molar-refractivity contribution is 0.257. The highest BCUT2D eigenvalue weighted by atomic mass is 15.1. The van der Waals surface area contributed by atoms with Gasteiger partial charge in [0, 0.05) is 0 Å². The van der Waals surface area contributed by atoms with Gasteiger partial charge in [-0.3, -0.25) is 5.32 Å². The van der Waals surface area contributed by atoms with E-state index in [1.165, 1.54) is 19.4 Å². The molecule has 0 amide bonds.